The zero-order valence-corrected chi connectivity index (χ0v) is 14.2. The Morgan fingerprint density at radius 2 is 2.14 bits per heavy atom. The van der Waals surface area contributed by atoms with Gasteiger partial charge in [-0.05, 0) is 55.3 Å². The first kappa shape index (κ1) is 16.3. The minimum absolute atomic E-state index is 0.181. The van der Waals surface area contributed by atoms with Crippen molar-refractivity contribution in [3.8, 4) is 0 Å². The van der Waals surface area contributed by atoms with E-state index >= 15 is 0 Å². The predicted molar refractivity (Wildman–Crippen MR) is 91.0 cm³/mol. The van der Waals surface area contributed by atoms with E-state index in [1.54, 1.807) is 0 Å². The van der Waals surface area contributed by atoms with Gasteiger partial charge in [-0.1, -0.05) is 33.8 Å². The maximum atomic E-state index is 4.71. The zero-order valence-electron chi connectivity index (χ0n) is 14.2. The quantitative estimate of drug-likeness (QED) is 0.840. The van der Waals surface area contributed by atoms with Gasteiger partial charge in [0.1, 0.15) is 5.82 Å². The summed E-state index contributed by atoms with van der Waals surface area (Å²) in [6, 6.07) is 4.43. The number of nitrogens with one attached hydrogen (secondary N) is 1. The molecule has 0 amide bonds. The van der Waals surface area contributed by atoms with E-state index in [4.69, 9.17) is 4.98 Å². The van der Waals surface area contributed by atoms with Crippen LogP contribution >= 0.6 is 0 Å². The van der Waals surface area contributed by atoms with Gasteiger partial charge < -0.3 is 10.2 Å². The summed E-state index contributed by atoms with van der Waals surface area (Å²) in [4.78, 5) is 7.16. The fourth-order valence-electron chi connectivity index (χ4n) is 2.94. The van der Waals surface area contributed by atoms with Gasteiger partial charge in [0.05, 0.1) is 0 Å². The normalized spacial score (nSPS) is 19.8. The number of anilines is 1. The van der Waals surface area contributed by atoms with E-state index in [0.717, 1.165) is 37.9 Å². The second-order valence-electron chi connectivity index (χ2n) is 7.31. The van der Waals surface area contributed by atoms with E-state index < -0.39 is 0 Å². The van der Waals surface area contributed by atoms with E-state index in [1.807, 2.05) is 6.20 Å². The van der Waals surface area contributed by atoms with Gasteiger partial charge in [-0.15, -0.1) is 0 Å². The monoisotopic (exact) mass is 289 g/mol. The molecule has 1 aromatic heterocycles. The molecule has 1 atom stereocenters. The molecular formula is C18H31N3. The zero-order chi connectivity index (χ0) is 15.3. The highest BCUT2D eigenvalue weighted by Gasteiger charge is 2.21. The molecule has 118 valence electrons. The second kappa shape index (κ2) is 7.26. The molecule has 0 aliphatic carbocycles. The van der Waals surface area contributed by atoms with Gasteiger partial charge in [-0.25, -0.2) is 4.98 Å². The third-order valence-corrected chi connectivity index (χ3v) is 4.32. The van der Waals surface area contributed by atoms with Crippen LogP contribution in [0.2, 0.25) is 0 Å². The molecule has 2 heterocycles. The molecule has 1 aliphatic heterocycles. The number of hydrogen-bond acceptors (Lipinski definition) is 3. The van der Waals surface area contributed by atoms with Gasteiger partial charge in [-0.2, -0.15) is 0 Å². The molecule has 1 saturated heterocycles. The number of aromatic nitrogens is 1. The number of rotatable bonds is 5. The third kappa shape index (κ3) is 4.70. The first-order chi connectivity index (χ1) is 10.0. The van der Waals surface area contributed by atoms with Crippen molar-refractivity contribution in [2.75, 3.05) is 31.1 Å². The third-order valence-electron chi connectivity index (χ3n) is 4.32. The number of pyridine rings is 1. The molecule has 0 spiro atoms. The highest BCUT2D eigenvalue weighted by atomic mass is 15.2. The Kier molecular flexibility index (Phi) is 5.63. The fourth-order valence-corrected chi connectivity index (χ4v) is 2.94. The van der Waals surface area contributed by atoms with Crippen molar-refractivity contribution < 1.29 is 0 Å². The average molecular weight is 289 g/mol. The van der Waals surface area contributed by atoms with Gasteiger partial charge in [0, 0.05) is 19.3 Å². The van der Waals surface area contributed by atoms with Crippen LogP contribution in [0.15, 0.2) is 18.3 Å². The molecule has 0 radical (unpaired) electrons. The Morgan fingerprint density at radius 3 is 2.76 bits per heavy atom. The first-order valence-corrected chi connectivity index (χ1v) is 8.43. The Labute approximate surface area is 130 Å². The van der Waals surface area contributed by atoms with Crippen molar-refractivity contribution in [2.45, 2.75) is 52.4 Å². The van der Waals surface area contributed by atoms with Crippen LogP contribution in [-0.4, -0.2) is 31.2 Å². The summed E-state index contributed by atoms with van der Waals surface area (Å²) in [7, 11) is 0. The molecule has 1 unspecified atom stereocenters. The SMILES string of the molecule is CCCNCC1CCCN(c2ccc(C(C)(C)C)cn2)C1. The molecule has 0 bridgehead atoms. The standard InChI is InChI=1S/C18H31N3/c1-5-10-19-12-15-7-6-11-21(14-15)17-9-8-16(13-20-17)18(2,3)4/h8-9,13,15,19H,5-7,10-12,14H2,1-4H3. The minimum Gasteiger partial charge on any atom is -0.356 e. The van der Waals surface area contributed by atoms with Gasteiger partial charge in [-0.3, -0.25) is 0 Å². The molecule has 1 aromatic rings. The van der Waals surface area contributed by atoms with E-state index in [-0.39, 0.29) is 5.41 Å². The molecular weight excluding hydrogens is 258 g/mol. The van der Waals surface area contributed by atoms with Crippen molar-refractivity contribution in [2.24, 2.45) is 5.92 Å². The number of nitrogens with zero attached hydrogens (tertiary/aromatic N) is 2. The van der Waals surface area contributed by atoms with Crippen LogP contribution in [0.5, 0.6) is 0 Å². The number of hydrogen-bond donors (Lipinski definition) is 1. The van der Waals surface area contributed by atoms with Crippen molar-refractivity contribution >= 4 is 5.82 Å². The van der Waals surface area contributed by atoms with E-state index in [1.165, 1.54) is 24.8 Å². The lowest BCUT2D eigenvalue weighted by atomic mass is 9.88. The van der Waals surface area contributed by atoms with E-state index in [0.29, 0.717) is 0 Å². The summed E-state index contributed by atoms with van der Waals surface area (Å²) < 4.78 is 0. The largest absolute Gasteiger partial charge is 0.356 e. The van der Waals surface area contributed by atoms with E-state index in [2.05, 4.69) is 50.0 Å². The lowest BCUT2D eigenvalue weighted by Crippen LogP contribution is -2.40. The van der Waals surface area contributed by atoms with Gasteiger partial charge in [0.25, 0.3) is 0 Å². The van der Waals surface area contributed by atoms with Crippen LogP contribution in [0.1, 0.15) is 52.5 Å². The molecule has 3 heteroatoms. The van der Waals surface area contributed by atoms with Crippen LogP contribution in [0.4, 0.5) is 5.82 Å². The Bertz CT molecular complexity index is 419. The van der Waals surface area contributed by atoms with Gasteiger partial charge in [0.15, 0.2) is 0 Å². The minimum atomic E-state index is 0.181. The highest BCUT2D eigenvalue weighted by molar-refractivity contribution is 5.41. The van der Waals surface area contributed by atoms with Crippen molar-refractivity contribution in [1.29, 1.82) is 0 Å². The molecule has 1 aliphatic rings. The lowest BCUT2D eigenvalue weighted by molar-refractivity contribution is 0.391. The van der Waals surface area contributed by atoms with E-state index in [9.17, 15) is 0 Å². The summed E-state index contributed by atoms with van der Waals surface area (Å²) in [6.07, 6.45) is 5.88. The molecule has 0 saturated carbocycles. The van der Waals surface area contributed by atoms with Crippen molar-refractivity contribution in [3.05, 3.63) is 23.9 Å². The van der Waals surface area contributed by atoms with Crippen LogP contribution in [-0.2, 0) is 5.41 Å². The molecule has 21 heavy (non-hydrogen) atoms. The van der Waals surface area contributed by atoms with Crippen LogP contribution < -0.4 is 10.2 Å². The van der Waals surface area contributed by atoms with Crippen LogP contribution in [0.25, 0.3) is 0 Å². The molecule has 1 fully saturated rings. The summed E-state index contributed by atoms with van der Waals surface area (Å²) in [6.45, 7) is 13.5. The summed E-state index contributed by atoms with van der Waals surface area (Å²) in [5, 5.41) is 3.56. The van der Waals surface area contributed by atoms with Gasteiger partial charge >= 0.3 is 0 Å². The first-order valence-electron chi connectivity index (χ1n) is 8.43. The molecule has 0 aromatic carbocycles. The molecule has 2 rings (SSSR count). The number of piperidine rings is 1. The maximum Gasteiger partial charge on any atom is 0.128 e. The lowest BCUT2D eigenvalue weighted by Gasteiger charge is -2.34. The summed E-state index contributed by atoms with van der Waals surface area (Å²) in [5.41, 5.74) is 1.49. The average Bonchev–Trinajstić information content (AvgIpc) is 2.47. The maximum absolute atomic E-state index is 4.71. The van der Waals surface area contributed by atoms with Crippen molar-refractivity contribution in [3.63, 3.8) is 0 Å². The summed E-state index contributed by atoms with van der Waals surface area (Å²) >= 11 is 0. The Balaban J connectivity index is 1.94. The fraction of sp³-hybridized carbons (Fsp3) is 0.722. The topological polar surface area (TPSA) is 28.2 Å². The molecule has 1 N–H and O–H groups in total. The predicted octanol–water partition coefficient (Wildman–Crippen LogP) is 3.60. The van der Waals surface area contributed by atoms with Crippen molar-refractivity contribution in [1.82, 2.24) is 10.3 Å². The highest BCUT2D eigenvalue weighted by Crippen LogP contribution is 2.25. The second-order valence-corrected chi connectivity index (χ2v) is 7.31. The Hall–Kier alpha value is -1.09. The summed E-state index contributed by atoms with van der Waals surface area (Å²) in [5.74, 6) is 1.90. The van der Waals surface area contributed by atoms with Crippen LogP contribution in [0.3, 0.4) is 0 Å². The van der Waals surface area contributed by atoms with Crippen LogP contribution in [0, 0.1) is 5.92 Å². The Morgan fingerprint density at radius 1 is 1.33 bits per heavy atom. The molecule has 3 nitrogen and oxygen atoms in total. The van der Waals surface area contributed by atoms with Gasteiger partial charge in [0.2, 0.25) is 0 Å². The smallest absolute Gasteiger partial charge is 0.128 e.